The van der Waals surface area contributed by atoms with Crippen molar-refractivity contribution in [3.05, 3.63) is 0 Å². The van der Waals surface area contributed by atoms with E-state index in [0.29, 0.717) is 6.54 Å². The van der Waals surface area contributed by atoms with E-state index in [1.807, 2.05) is 0 Å². The van der Waals surface area contributed by atoms with Gasteiger partial charge in [-0.25, -0.2) is 8.78 Å². The van der Waals surface area contributed by atoms with E-state index in [1.54, 1.807) is 0 Å². The number of hydrogen-bond acceptors (Lipinski definition) is 1. The maximum atomic E-state index is 12.8. The van der Waals surface area contributed by atoms with Gasteiger partial charge in [0.05, 0.1) is 0 Å². The van der Waals surface area contributed by atoms with Gasteiger partial charge in [-0.15, -0.1) is 0 Å². The van der Waals surface area contributed by atoms with Crippen LogP contribution in [0, 0.1) is 16.7 Å². The summed E-state index contributed by atoms with van der Waals surface area (Å²) in [6, 6.07) is 0. The third-order valence-corrected chi connectivity index (χ3v) is 4.80. The molecule has 0 amide bonds. The summed E-state index contributed by atoms with van der Waals surface area (Å²) in [5.74, 6) is -2.73. The van der Waals surface area contributed by atoms with E-state index in [-0.39, 0.29) is 23.2 Å². The van der Waals surface area contributed by atoms with E-state index in [0.717, 1.165) is 19.5 Å². The van der Waals surface area contributed by atoms with Gasteiger partial charge < -0.3 is 4.90 Å². The third kappa shape index (κ3) is 2.11. The molecule has 1 saturated heterocycles. The molecule has 2 rings (SSSR count). The SMILES string of the molecule is CC(C)(C)C1(C)CCN(CC2CC2(F)F)C1. The van der Waals surface area contributed by atoms with Crippen LogP contribution in [0.5, 0.6) is 0 Å². The molecule has 0 aromatic carbocycles. The van der Waals surface area contributed by atoms with Crippen LogP contribution in [-0.2, 0) is 0 Å². The van der Waals surface area contributed by atoms with Gasteiger partial charge >= 0.3 is 0 Å². The Morgan fingerprint density at radius 2 is 1.88 bits per heavy atom. The van der Waals surface area contributed by atoms with Crippen LogP contribution in [0.1, 0.15) is 40.5 Å². The lowest BCUT2D eigenvalue weighted by Crippen LogP contribution is -2.36. The summed E-state index contributed by atoms with van der Waals surface area (Å²) in [4.78, 5) is 2.23. The van der Waals surface area contributed by atoms with Crippen molar-refractivity contribution in [1.82, 2.24) is 4.90 Å². The van der Waals surface area contributed by atoms with Gasteiger partial charge in [-0.3, -0.25) is 0 Å². The Morgan fingerprint density at radius 1 is 1.31 bits per heavy atom. The van der Waals surface area contributed by atoms with Crippen molar-refractivity contribution in [3.63, 3.8) is 0 Å². The highest BCUT2D eigenvalue weighted by atomic mass is 19.3. The first-order chi connectivity index (χ1) is 7.14. The van der Waals surface area contributed by atoms with E-state index >= 15 is 0 Å². The number of likely N-dealkylation sites (tertiary alicyclic amines) is 1. The number of nitrogens with zero attached hydrogens (tertiary/aromatic N) is 1. The minimum Gasteiger partial charge on any atom is -0.302 e. The zero-order chi connectivity index (χ0) is 12.2. The largest absolute Gasteiger partial charge is 0.302 e. The molecule has 94 valence electrons. The second-order valence-electron chi connectivity index (χ2n) is 6.96. The molecule has 2 aliphatic rings. The molecule has 1 aliphatic carbocycles. The van der Waals surface area contributed by atoms with E-state index < -0.39 is 5.92 Å². The van der Waals surface area contributed by atoms with Crippen LogP contribution in [0.3, 0.4) is 0 Å². The molecule has 2 fully saturated rings. The van der Waals surface area contributed by atoms with Crippen LogP contribution in [0.2, 0.25) is 0 Å². The zero-order valence-electron chi connectivity index (χ0n) is 10.8. The molecule has 0 bridgehead atoms. The van der Waals surface area contributed by atoms with Gasteiger partial charge in [-0.05, 0) is 23.8 Å². The Labute approximate surface area is 97.2 Å². The maximum Gasteiger partial charge on any atom is 0.252 e. The Morgan fingerprint density at radius 3 is 2.25 bits per heavy atom. The molecule has 0 radical (unpaired) electrons. The summed E-state index contributed by atoms with van der Waals surface area (Å²) in [5.41, 5.74) is 0.533. The normalized spacial score (nSPS) is 39.0. The summed E-state index contributed by atoms with van der Waals surface area (Å²) in [7, 11) is 0. The van der Waals surface area contributed by atoms with Gasteiger partial charge in [0.1, 0.15) is 0 Å². The Balaban J connectivity index is 1.89. The molecule has 0 aromatic rings. The van der Waals surface area contributed by atoms with Crippen LogP contribution in [-0.4, -0.2) is 30.5 Å². The van der Waals surface area contributed by atoms with E-state index in [9.17, 15) is 8.78 Å². The molecule has 0 spiro atoms. The molecular formula is C13H23F2N. The van der Waals surface area contributed by atoms with Crippen molar-refractivity contribution in [1.29, 1.82) is 0 Å². The molecule has 0 aromatic heterocycles. The molecule has 2 unspecified atom stereocenters. The Bertz CT molecular complexity index is 282. The molecule has 1 aliphatic heterocycles. The minimum atomic E-state index is -2.36. The van der Waals surface area contributed by atoms with Crippen LogP contribution >= 0.6 is 0 Å². The lowest BCUT2D eigenvalue weighted by atomic mass is 9.67. The number of hydrogen-bond donors (Lipinski definition) is 0. The third-order valence-electron chi connectivity index (χ3n) is 4.80. The van der Waals surface area contributed by atoms with Gasteiger partial charge in [-0.1, -0.05) is 27.7 Å². The number of halogens is 2. The molecule has 0 N–H and O–H groups in total. The van der Waals surface area contributed by atoms with Crippen molar-refractivity contribution >= 4 is 0 Å². The van der Waals surface area contributed by atoms with Crippen molar-refractivity contribution in [2.75, 3.05) is 19.6 Å². The van der Waals surface area contributed by atoms with E-state index in [4.69, 9.17) is 0 Å². The summed E-state index contributed by atoms with van der Waals surface area (Å²) >= 11 is 0. The van der Waals surface area contributed by atoms with Gasteiger partial charge in [0.15, 0.2) is 0 Å². The fourth-order valence-corrected chi connectivity index (χ4v) is 2.60. The second-order valence-corrected chi connectivity index (χ2v) is 6.96. The zero-order valence-corrected chi connectivity index (χ0v) is 10.8. The predicted molar refractivity (Wildman–Crippen MR) is 61.7 cm³/mol. The molecular weight excluding hydrogens is 208 g/mol. The fraction of sp³-hybridized carbons (Fsp3) is 1.00. The maximum absolute atomic E-state index is 12.8. The van der Waals surface area contributed by atoms with E-state index in [2.05, 4.69) is 32.6 Å². The highest BCUT2D eigenvalue weighted by Gasteiger charge is 2.57. The number of alkyl halides is 2. The monoisotopic (exact) mass is 231 g/mol. The Hall–Kier alpha value is -0.180. The van der Waals surface area contributed by atoms with Crippen molar-refractivity contribution in [2.45, 2.75) is 46.5 Å². The summed E-state index contributed by atoms with van der Waals surface area (Å²) in [6.45, 7) is 11.6. The quantitative estimate of drug-likeness (QED) is 0.704. The standard InChI is InChI=1S/C13H23F2N/c1-11(2,3)12(4)5-6-16(9-12)8-10-7-13(10,14)15/h10H,5-9H2,1-4H3. The van der Waals surface area contributed by atoms with Crippen molar-refractivity contribution in [3.8, 4) is 0 Å². The summed E-state index contributed by atoms with van der Waals surface area (Å²) in [5, 5.41) is 0. The van der Waals surface area contributed by atoms with Gasteiger partial charge in [0, 0.05) is 25.4 Å². The lowest BCUT2D eigenvalue weighted by molar-refractivity contribution is 0.0817. The Kier molecular flexibility index (Phi) is 2.62. The minimum absolute atomic E-state index is 0.107. The second kappa shape index (κ2) is 3.41. The van der Waals surface area contributed by atoms with Crippen LogP contribution in [0.25, 0.3) is 0 Å². The highest BCUT2D eigenvalue weighted by molar-refractivity contribution is 5.00. The lowest BCUT2D eigenvalue weighted by Gasteiger charge is -2.38. The van der Waals surface area contributed by atoms with Crippen molar-refractivity contribution in [2.24, 2.45) is 16.7 Å². The molecule has 2 atom stereocenters. The predicted octanol–water partition coefficient (Wildman–Crippen LogP) is 3.40. The molecule has 3 heteroatoms. The van der Waals surface area contributed by atoms with Crippen LogP contribution in [0.15, 0.2) is 0 Å². The van der Waals surface area contributed by atoms with Crippen LogP contribution < -0.4 is 0 Å². The first-order valence-electron chi connectivity index (χ1n) is 6.24. The van der Waals surface area contributed by atoms with Gasteiger partial charge in [0.25, 0.3) is 5.92 Å². The highest BCUT2D eigenvalue weighted by Crippen LogP contribution is 2.51. The van der Waals surface area contributed by atoms with Crippen molar-refractivity contribution < 1.29 is 8.78 Å². The average molecular weight is 231 g/mol. The first kappa shape index (κ1) is 12.3. The number of rotatable bonds is 2. The first-order valence-corrected chi connectivity index (χ1v) is 6.24. The molecule has 1 nitrogen and oxygen atoms in total. The molecule has 16 heavy (non-hydrogen) atoms. The van der Waals surface area contributed by atoms with Crippen LogP contribution in [0.4, 0.5) is 8.78 Å². The average Bonchev–Trinajstić information content (AvgIpc) is 2.54. The van der Waals surface area contributed by atoms with Gasteiger partial charge in [0.2, 0.25) is 0 Å². The topological polar surface area (TPSA) is 3.24 Å². The summed E-state index contributed by atoms with van der Waals surface area (Å²) < 4.78 is 25.7. The van der Waals surface area contributed by atoms with E-state index in [1.165, 1.54) is 0 Å². The summed E-state index contributed by atoms with van der Waals surface area (Å²) in [6.07, 6.45) is 1.24. The molecule has 1 heterocycles. The molecule has 1 saturated carbocycles. The fourth-order valence-electron chi connectivity index (χ4n) is 2.60. The van der Waals surface area contributed by atoms with Gasteiger partial charge in [-0.2, -0.15) is 0 Å². The smallest absolute Gasteiger partial charge is 0.252 e.